The van der Waals surface area contributed by atoms with Gasteiger partial charge >= 0.3 is 6.03 Å². The molecule has 2 aromatic carbocycles. The average molecular weight is 388 g/mol. The van der Waals surface area contributed by atoms with Crippen LogP contribution < -0.4 is 16.0 Å². The number of hydrogen-bond donors (Lipinski definition) is 3. The molecule has 3 aromatic rings. The highest BCUT2D eigenvalue weighted by molar-refractivity contribution is 6.30. The first-order valence-corrected chi connectivity index (χ1v) is 8.33. The highest BCUT2D eigenvalue weighted by Crippen LogP contribution is 2.19. The van der Waals surface area contributed by atoms with Gasteiger partial charge in [-0.1, -0.05) is 23.7 Å². The summed E-state index contributed by atoms with van der Waals surface area (Å²) < 4.78 is 18.7. The Labute approximate surface area is 159 Å². The first-order chi connectivity index (χ1) is 13.0. The molecule has 0 radical (unpaired) electrons. The fraction of sp³-hybridized carbons (Fsp3) is 0.0526. The van der Waals surface area contributed by atoms with E-state index in [9.17, 15) is 14.0 Å². The van der Waals surface area contributed by atoms with Crippen LogP contribution in [0.4, 0.5) is 20.6 Å². The van der Waals surface area contributed by atoms with Crippen molar-refractivity contribution >= 4 is 34.9 Å². The number of anilines is 2. The predicted molar refractivity (Wildman–Crippen MR) is 100 cm³/mol. The number of amides is 3. The summed E-state index contributed by atoms with van der Waals surface area (Å²) >= 11 is 5.79. The summed E-state index contributed by atoms with van der Waals surface area (Å²) in [6.07, 6.45) is 1.41. The number of carbonyl (C=O) groups is 2. The third-order valence-corrected chi connectivity index (χ3v) is 3.79. The van der Waals surface area contributed by atoms with E-state index in [1.54, 1.807) is 36.4 Å². The quantitative estimate of drug-likeness (QED) is 0.596. The fourth-order valence-corrected chi connectivity index (χ4v) is 2.47. The van der Waals surface area contributed by atoms with Crippen molar-refractivity contribution in [1.82, 2.24) is 5.32 Å². The smallest absolute Gasteiger partial charge is 0.319 e. The van der Waals surface area contributed by atoms with Gasteiger partial charge in [-0.3, -0.25) is 4.79 Å². The van der Waals surface area contributed by atoms with E-state index in [-0.39, 0.29) is 23.9 Å². The van der Waals surface area contributed by atoms with Crippen LogP contribution in [0.3, 0.4) is 0 Å². The van der Waals surface area contributed by atoms with Crippen LogP contribution in [-0.2, 0) is 6.54 Å². The first kappa shape index (κ1) is 18.5. The van der Waals surface area contributed by atoms with Gasteiger partial charge in [-0.15, -0.1) is 0 Å². The summed E-state index contributed by atoms with van der Waals surface area (Å²) in [5.74, 6) is -0.766. The number of hydrogen-bond acceptors (Lipinski definition) is 3. The molecule has 3 N–H and O–H groups in total. The van der Waals surface area contributed by atoms with E-state index >= 15 is 0 Å². The van der Waals surface area contributed by atoms with Gasteiger partial charge in [0.15, 0.2) is 5.76 Å². The Morgan fingerprint density at radius 3 is 2.67 bits per heavy atom. The number of carbonyl (C=O) groups excluding carboxylic acids is 2. The topological polar surface area (TPSA) is 83.4 Å². The lowest BCUT2D eigenvalue weighted by Gasteiger charge is -2.10. The van der Waals surface area contributed by atoms with E-state index in [4.69, 9.17) is 16.0 Å². The van der Waals surface area contributed by atoms with Gasteiger partial charge in [0.1, 0.15) is 5.82 Å². The van der Waals surface area contributed by atoms with Gasteiger partial charge in [-0.05, 0) is 48.0 Å². The summed E-state index contributed by atoms with van der Waals surface area (Å²) in [4.78, 5) is 23.9. The van der Waals surface area contributed by atoms with Crippen molar-refractivity contribution in [3.63, 3.8) is 0 Å². The lowest BCUT2D eigenvalue weighted by atomic mass is 10.2. The second-order valence-electron chi connectivity index (χ2n) is 5.56. The normalized spacial score (nSPS) is 10.3. The van der Waals surface area contributed by atoms with Crippen molar-refractivity contribution in [3.8, 4) is 0 Å². The van der Waals surface area contributed by atoms with Crippen LogP contribution in [0.2, 0.25) is 5.02 Å². The summed E-state index contributed by atoms with van der Waals surface area (Å²) in [6.45, 7) is 0.179. The van der Waals surface area contributed by atoms with E-state index in [0.717, 1.165) is 5.56 Å². The van der Waals surface area contributed by atoms with Crippen LogP contribution in [0, 0.1) is 5.82 Å². The maximum Gasteiger partial charge on any atom is 0.319 e. The summed E-state index contributed by atoms with van der Waals surface area (Å²) in [7, 11) is 0. The van der Waals surface area contributed by atoms with Crippen LogP contribution in [-0.4, -0.2) is 11.9 Å². The molecule has 0 saturated heterocycles. The van der Waals surface area contributed by atoms with Gasteiger partial charge < -0.3 is 20.4 Å². The van der Waals surface area contributed by atoms with E-state index < -0.39 is 11.8 Å². The lowest BCUT2D eigenvalue weighted by Crippen LogP contribution is -2.28. The molecule has 1 heterocycles. The third kappa shape index (κ3) is 5.08. The Morgan fingerprint density at radius 2 is 1.89 bits per heavy atom. The highest BCUT2D eigenvalue weighted by Gasteiger charge is 2.10. The summed E-state index contributed by atoms with van der Waals surface area (Å²) in [5.41, 5.74) is 1.28. The minimum Gasteiger partial charge on any atom is -0.459 e. The van der Waals surface area contributed by atoms with Crippen LogP contribution in [0.25, 0.3) is 0 Å². The number of benzene rings is 2. The minimum atomic E-state index is -0.586. The fourth-order valence-electron chi connectivity index (χ4n) is 2.30. The molecule has 3 rings (SSSR count). The average Bonchev–Trinajstić information content (AvgIpc) is 3.18. The molecule has 0 aliphatic rings. The number of furan rings is 1. The molecule has 6 nitrogen and oxygen atoms in total. The SMILES string of the molecule is O=C(NCc1cccc(NC(=O)c2ccco2)c1)Nc1cc(Cl)ccc1F. The zero-order valence-electron chi connectivity index (χ0n) is 14.0. The molecule has 0 fully saturated rings. The maximum absolute atomic E-state index is 13.6. The molecular formula is C19H15ClFN3O3. The van der Waals surface area contributed by atoms with Crippen LogP contribution in [0.15, 0.2) is 65.3 Å². The zero-order valence-corrected chi connectivity index (χ0v) is 14.7. The van der Waals surface area contributed by atoms with Crippen LogP contribution in [0.1, 0.15) is 16.1 Å². The van der Waals surface area contributed by atoms with Crippen LogP contribution in [0.5, 0.6) is 0 Å². The van der Waals surface area contributed by atoms with Crippen molar-refractivity contribution in [3.05, 3.63) is 83.0 Å². The highest BCUT2D eigenvalue weighted by atomic mass is 35.5. The van der Waals surface area contributed by atoms with Gasteiger partial charge in [0.05, 0.1) is 12.0 Å². The molecule has 0 unspecified atom stereocenters. The Morgan fingerprint density at radius 1 is 1.04 bits per heavy atom. The zero-order chi connectivity index (χ0) is 19.2. The van der Waals surface area contributed by atoms with Gasteiger partial charge in [-0.2, -0.15) is 0 Å². The van der Waals surface area contributed by atoms with Crippen molar-refractivity contribution in [1.29, 1.82) is 0 Å². The number of halogens is 2. The van der Waals surface area contributed by atoms with Crippen molar-refractivity contribution in [2.45, 2.75) is 6.54 Å². The standard InChI is InChI=1S/C19H15ClFN3O3/c20-13-6-7-15(21)16(10-13)24-19(26)22-11-12-3-1-4-14(9-12)23-18(25)17-5-2-8-27-17/h1-10H,11H2,(H,23,25)(H2,22,24,26). The third-order valence-electron chi connectivity index (χ3n) is 3.56. The van der Waals surface area contributed by atoms with Crippen LogP contribution >= 0.6 is 11.6 Å². The van der Waals surface area contributed by atoms with Gasteiger partial charge in [0.25, 0.3) is 5.91 Å². The largest absolute Gasteiger partial charge is 0.459 e. The van der Waals surface area contributed by atoms with Gasteiger partial charge in [0, 0.05) is 17.3 Å². The molecule has 0 atom stereocenters. The van der Waals surface area contributed by atoms with E-state index in [1.807, 2.05) is 0 Å². The first-order valence-electron chi connectivity index (χ1n) is 7.95. The molecule has 0 saturated carbocycles. The predicted octanol–water partition coefficient (Wildman–Crippen LogP) is 4.65. The van der Waals surface area contributed by atoms with Crippen molar-refractivity contribution in [2.24, 2.45) is 0 Å². The molecule has 8 heteroatoms. The van der Waals surface area contributed by atoms with E-state index in [1.165, 1.54) is 24.5 Å². The second-order valence-corrected chi connectivity index (χ2v) is 6.00. The lowest BCUT2D eigenvalue weighted by molar-refractivity contribution is 0.0996. The van der Waals surface area contributed by atoms with E-state index in [0.29, 0.717) is 10.7 Å². The summed E-state index contributed by atoms with van der Waals surface area (Å²) in [5, 5.41) is 8.02. The van der Waals surface area contributed by atoms with Gasteiger partial charge in [0.2, 0.25) is 0 Å². The molecule has 138 valence electrons. The molecule has 27 heavy (non-hydrogen) atoms. The monoisotopic (exact) mass is 387 g/mol. The van der Waals surface area contributed by atoms with Crippen molar-refractivity contribution in [2.75, 3.05) is 10.6 Å². The Hall–Kier alpha value is -3.32. The summed E-state index contributed by atoms with van der Waals surface area (Å²) in [6, 6.07) is 13.4. The second kappa shape index (κ2) is 8.37. The molecule has 0 bridgehead atoms. The molecular weight excluding hydrogens is 373 g/mol. The minimum absolute atomic E-state index is 0.0144. The molecule has 3 amide bonds. The number of urea groups is 1. The van der Waals surface area contributed by atoms with E-state index in [2.05, 4.69) is 16.0 Å². The molecule has 0 spiro atoms. The Bertz CT molecular complexity index is 961. The molecule has 1 aromatic heterocycles. The molecule has 0 aliphatic carbocycles. The van der Waals surface area contributed by atoms with Crippen molar-refractivity contribution < 1.29 is 18.4 Å². The Balaban J connectivity index is 1.57. The number of rotatable bonds is 5. The van der Waals surface area contributed by atoms with Gasteiger partial charge in [-0.25, -0.2) is 9.18 Å². The maximum atomic E-state index is 13.6. The number of nitrogens with one attached hydrogen (secondary N) is 3. The molecule has 0 aliphatic heterocycles. The Kier molecular flexibility index (Phi) is 5.73.